The standard InChI is InChI=1S/C12H24O8P2/c1-15-11(13)9(21(7,17-3)18-4)10(12(14)16-2)22(8,19-5)20-6/h1-8H3. The van der Waals surface area contributed by atoms with Crippen molar-refractivity contribution >= 4 is 37.2 Å². The van der Waals surface area contributed by atoms with Crippen molar-refractivity contribution in [3.63, 3.8) is 0 Å². The summed E-state index contributed by atoms with van der Waals surface area (Å²) in [5.41, 5.74) is 0. The van der Waals surface area contributed by atoms with Gasteiger partial charge in [0.15, 0.2) is 0 Å². The van der Waals surface area contributed by atoms with Crippen molar-refractivity contribution in [2.24, 2.45) is 0 Å². The van der Waals surface area contributed by atoms with Crippen LogP contribution in [0.1, 0.15) is 0 Å². The molecule has 0 aliphatic carbocycles. The lowest BCUT2D eigenvalue weighted by molar-refractivity contribution is -0.134. The smallest absolute Gasteiger partial charge is 0.343 e. The quantitative estimate of drug-likeness (QED) is 0.496. The molecule has 0 amide bonds. The summed E-state index contributed by atoms with van der Waals surface area (Å²) in [5, 5.41) is -0.127. The van der Waals surface area contributed by atoms with Gasteiger partial charge in [0.05, 0.1) is 14.2 Å². The van der Waals surface area contributed by atoms with Crippen molar-refractivity contribution in [1.29, 1.82) is 0 Å². The molecule has 0 aliphatic heterocycles. The Hall–Kier alpha value is -0.620. The first kappa shape index (κ1) is 21.4. The molecule has 8 nitrogen and oxygen atoms in total. The highest BCUT2D eigenvalue weighted by molar-refractivity contribution is 7.79. The molecule has 0 heterocycles. The minimum Gasteiger partial charge on any atom is -0.465 e. The molecule has 0 N–H and O–H groups in total. The highest BCUT2D eigenvalue weighted by atomic mass is 31.2. The van der Waals surface area contributed by atoms with Crippen LogP contribution in [0, 0.1) is 0 Å². The van der Waals surface area contributed by atoms with Gasteiger partial charge in [0.1, 0.15) is 25.3 Å². The maximum Gasteiger partial charge on any atom is 0.343 e. The summed E-state index contributed by atoms with van der Waals surface area (Å²) in [7, 11) is 2.14. The van der Waals surface area contributed by atoms with Crippen LogP contribution in [0.2, 0.25) is 0 Å². The van der Waals surface area contributed by atoms with E-state index in [1.165, 1.54) is 42.7 Å². The molecule has 0 aliphatic rings. The maximum absolute atomic E-state index is 12.3. The van der Waals surface area contributed by atoms with Gasteiger partial charge in [-0.3, -0.25) is 0 Å². The van der Waals surface area contributed by atoms with Gasteiger partial charge in [-0.15, -0.1) is 0 Å². The van der Waals surface area contributed by atoms with Gasteiger partial charge < -0.3 is 27.6 Å². The summed E-state index contributed by atoms with van der Waals surface area (Å²) in [6.45, 7) is 3.16. The zero-order valence-electron chi connectivity index (χ0n) is 14.2. The van der Waals surface area contributed by atoms with E-state index in [-0.39, 0.29) is 10.6 Å². The lowest BCUT2D eigenvalue weighted by atomic mass is 10.3. The SMILES string of the molecule is COC(=O)C(C(C(=O)OC)=P(C)(OC)OC)=P(C)(OC)OC. The van der Waals surface area contributed by atoms with Crippen LogP contribution in [0.25, 0.3) is 0 Å². The highest BCUT2D eigenvalue weighted by Gasteiger charge is 2.38. The maximum atomic E-state index is 12.3. The van der Waals surface area contributed by atoms with Gasteiger partial charge in [-0.25, -0.2) is 9.59 Å². The molecule has 0 aromatic rings. The molecule has 10 heteroatoms. The largest absolute Gasteiger partial charge is 0.465 e. The number of carbonyl (C=O) groups excluding carboxylic acids is 2. The minimum absolute atomic E-state index is 0.0635. The Balaban J connectivity index is 7.05. The Morgan fingerprint density at radius 3 is 0.955 bits per heavy atom. The Labute approximate surface area is 131 Å². The second kappa shape index (κ2) is 8.87. The lowest BCUT2D eigenvalue weighted by Gasteiger charge is -2.27. The molecule has 0 atom stereocenters. The van der Waals surface area contributed by atoms with E-state index in [1.54, 1.807) is 13.3 Å². The zero-order chi connectivity index (χ0) is 17.6. The molecule has 22 heavy (non-hydrogen) atoms. The molecule has 130 valence electrons. The summed E-state index contributed by atoms with van der Waals surface area (Å²) in [6, 6.07) is 0. The monoisotopic (exact) mass is 358 g/mol. The molecule has 0 rings (SSSR count). The number of esters is 2. The van der Waals surface area contributed by atoms with E-state index in [1.807, 2.05) is 0 Å². The highest BCUT2D eigenvalue weighted by Crippen LogP contribution is 2.52. The topological polar surface area (TPSA) is 89.5 Å². The normalized spacial score (nSPS) is 11.8. The average molecular weight is 358 g/mol. The van der Waals surface area contributed by atoms with Gasteiger partial charge in [0.2, 0.25) is 0 Å². The Bertz CT molecular complexity index is 473. The molecule has 0 aromatic heterocycles. The summed E-state index contributed by atoms with van der Waals surface area (Å²) >= 11 is 0. The third-order valence-corrected chi connectivity index (χ3v) is 8.59. The van der Waals surface area contributed by atoms with Gasteiger partial charge in [0.25, 0.3) is 0 Å². The molecule has 0 saturated carbocycles. The summed E-state index contributed by atoms with van der Waals surface area (Å²) in [6.07, 6.45) is 0. The zero-order valence-corrected chi connectivity index (χ0v) is 15.9. The van der Waals surface area contributed by atoms with Crippen LogP contribution in [0.15, 0.2) is 0 Å². The summed E-state index contributed by atoms with van der Waals surface area (Å²) < 4.78 is 31.0. The molecule has 0 unspecified atom stereocenters. The summed E-state index contributed by atoms with van der Waals surface area (Å²) in [5.74, 6) is -1.53. The fraction of sp³-hybridized carbons (Fsp3) is 0.667. The van der Waals surface area contributed by atoms with E-state index in [0.29, 0.717) is 0 Å². The minimum atomic E-state index is -2.89. The van der Waals surface area contributed by atoms with Crippen molar-refractivity contribution in [3.8, 4) is 0 Å². The predicted molar refractivity (Wildman–Crippen MR) is 87.8 cm³/mol. The molecular weight excluding hydrogens is 334 g/mol. The number of hydrogen-bond donors (Lipinski definition) is 0. The van der Waals surface area contributed by atoms with Crippen LogP contribution in [0.4, 0.5) is 0 Å². The molecule has 0 fully saturated rings. The van der Waals surface area contributed by atoms with Crippen LogP contribution in [-0.2, 0) is 37.2 Å². The van der Waals surface area contributed by atoms with E-state index >= 15 is 0 Å². The molecule has 0 saturated heterocycles. The lowest BCUT2D eigenvalue weighted by Crippen LogP contribution is -2.35. The fourth-order valence-electron chi connectivity index (χ4n) is 1.62. The average Bonchev–Trinajstić information content (AvgIpc) is 2.56. The van der Waals surface area contributed by atoms with Crippen molar-refractivity contribution < 1.29 is 37.2 Å². The van der Waals surface area contributed by atoms with E-state index in [0.717, 1.165) is 0 Å². The Morgan fingerprint density at radius 1 is 0.591 bits per heavy atom. The third kappa shape index (κ3) is 4.22. The van der Waals surface area contributed by atoms with Crippen LogP contribution < -0.4 is 0 Å². The van der Waals surface area contributed by atoms with Crippen molar-refractivity contribution in [3.05, 3.63) is 0 Å². The number of rotatable bonds is 7. The first-order valence-electron chi connectivity index (χ1n) is 6.09. The van der Waals surface area contributed by atoms with Gasteiger partial charge >= 0.3 is 11.9 Å². The van der Waals surface area contributed by atoms with Crippen LogP contribution in [-0.4, -0.2) is 78.5 Å². The third-order valence-electron chi connectivity index (χ3n) is 3.19. The Morgan fingerprint density at radius 2 is 0.818 bits per heavy atom. The van der Waals surface area contributed by atoms with Gasteiger partial charge in [-0.2, -0.15) is 0 Å². The fourth-order valence-corrected chi connectivity index (χ4v) is 5.53. The van der Waals surface area contributed by atoms with Crippen molar-refractivity contribution in [2.75, 3.05) is 56.0 Å². The molecule has 0 radical (unpaired) electrons. The van der Waals surface area contributed by atoms with Crippen molar-refractivity contribution in [1.82, 2.24) is 0 Å². The molecule has 0 aromatic carbocycles. The first-order chi connectivity index (χ1) is 10.2. The summed E-state index contributed by atoms with van der Waals surface area (Å²) in [4.78, 5) is 24.6. The molecule has 0 bridgehead atoms. The van der Waals surface area contributed by atoms with E-state index in [2.05, 4.69) is 0 Å². The van der Waals surface area contributed by atoms with Crippen molar-refractivity contribution in [2.45, 2.75) is 0 Å². The second-order valence-electron chi connectivity index (χ2n) is 4.10. The van der Waals surface area contributed by atoms with Gasteiger partial charge in [-0.05, 0) is 0 Å². The molecular formula is C12H24O8P2. The Kier molecular flexibility index (Phi) is 8.62. The van der Waals surface area contributed by atoms with Gasteiger partial charge in [0, 0.05) is 41.8 Å². The second-order valence-corrected chi connectivity index (χ2v) is 9.84. The van der Waals surface area contributed by atoms with E-state index < -0.39 is 26.6 Å². The van der Waals surface area contributed by atoms with Crippen LogP contribution in [0.3, 0.4) is 0 Å². The number of ether oxygens (including phenoxy) is 2. The number of carbonyl (C=O) groups is 2. The number of methoxy groups -OCH3 is 2. The molecule has 0 spiro atoms. The first-order valence-corrected chi connectivity index (χ1v) is 10.2. The number of hydrogen-bond acceptors (Lipinski definition) is 8. The van der Waals surface area contributed by atoms with Gasteiger partial charge in [-0.1, -0.05) is 0 Å². The van der Waals surface area contributed by atoms with Crippen LogP contribution >= 0.6 is 14.7 Å². The van der Waals surface area contributed by atoms with E-state index in [9.17, 15) is 9.59 Å². The van der Waals surface area contributed by atoms with Crippen LogP contribution in [0.5, 0.6) is 0 Å². The van der Waals surface area contributed by atoms with E-state index in [4.69, 9.17) is 27.6 Å². The predicted octanol–water partition coefficient (Wildman–Crippen LogP) is 1.22.